The van der Waals surface area contributed by atoms with Crippen molar-refractivity contribution in [1.29, 1.82) is 0 Å². The van der Waals surface area contributed by atoms with Crippen LogP contribution in [0.5, 0.6) is 0 Å². The Hall–Kier alpha value is -4.23. The summed E-state index contributed by atoms with van der Waals surface area (Å²) in [6, 6.07) is 22.1. The Balaban J connectivity index is 1.28. The van der Waals surface area contributed by atoms with Crippen molar-refractivity contribution in [1.82, 2.24) is 0 Å². The number of hydrogen-bond donors (Lipinski definition) is 3. The van der Waals surface area contributed by atoms with Gasteiger partial charge in [-0.1, -0.05) is 42.0 Å². The van der Waals surface area contributed by atoms with Gasteiger partial charge in [0.15, 0.2) is 0 Å². The predicted molar refractivity (Wildman–Crippen MR) is 155 cm³/mol. The van der Waals surface area contributed by atoms with Crippen molar-refractivity contribution < 1.29 is 19.5 Å². The van der Waals surface area contributed by atoms with Crippen molar-refractivity contribution >= 4 is 39.8 Å². The molecule has 0 bridgehead atoms. The summed E-state index contributed by atoms with van der Waals surface area (Å²) in [6.07, 6.45) is 5.47. The first-order valence-electron chi connectivity index (χ1n) is 13.1. The largest absolute Gasteiger partial charge is 0.478 e. The molecule has 5 rings (SSSR count). The normalized spacial score (nSPS) is 12.4. The SMILES string of the molecule is Cc1cccc(C(=O)Nc2sc3c(c2C(=O)Nc2ccc(CCc4ccc(C(=O)O)cc4)cc2)CCCC3)c1. The molecule has 198 valence electrons. The lowest BCUT2D eigenvalue weighted by atomic mass is 9.95. The molecule has 0 radical (unpaired) electrons. The second-order valence-corrected chi connectivity index (χ2v) is 11.0. The summed E-state index contributed by atoms with van der Waals surface area (Å²) in [4.78, 5) is 38.7. The summed E-state index contributed by atoms with van der Waals surface area (Å²) >= 11 is 1.51. The van der Waals surface area contributed by atoms with Crippen LogP contribution in [0.3, 0.4) is 0 Å². The smallest absolute Gasteiger partial charge is 0.335 e. The van der Waals surface area contributed by atoms with E-state index in [1.807, 2.05) is 61.5 Å². The van der Waals surface area contributed by atoms with E-state index in [1.54, 1.807) is 18.2 Å². The molecule has 0 aliphatic heterocycles. The highest BCUT2D eigenvalue weighted by Crippen LogP contribution is 2.39. The van der Waals surface area contributed by atoms with Crippen LogP contribution in [0.25, 0.3) is 0 Å². The van der Waals surface area contributed by atoms with E-state index in [4.69, 9.17) is 5.11 Å². The maximum atomic E-state index is 13.5. The number of aryl methyl sites for hydroxylation is 4. The lowest BCUT2D eigenvalue weighted by Crippen LogP contribution is -2.18. The first-order chi connectivity index (χ1) is 18.9. The number of nitrogens with one attached hydrogen (secondary N) is 2. The zero-order valence-electron chi connectivity index (χ0n) is 21.8. The van der Waals surface area contributed by atoms with E-state index in [-0.39, 0.29) is 17.4 Å². The summed E-state index contributed by atoms with van der Waals surface area (Å²) < 4.78 is 0. The molecule has 2 amide bonds. The van der Waals surface area contributed by atoms with Crippen molar-refractivity contribution in [3.8, 4) is 0 Å². The lowest BCUT2D eigenvalue weighted by molar-refractivity contribution is 0.0696. The molecule has 0 saturated heterocycles. The van der Waals surface area contributed by atoms with Gasteiger partial charge in [0.25, 0.3) is 11.8 Å². The van der Waals surface area contributed by atoms with Gasteiger partial charge in [0.1, 0.15) is 5.00 Å². The third-order valence-electron chi connectivity index (χ3n) is 7.02. The average Bonchev–Trinajstić information content (AvgIpc) is 3.30. The molecule has 1 heterocycles. The van der Waals surface area contributed by atoms with Crippen molar-refractivity contribution in [3.05, 3.63) is 117 Å². The van der Waals surface area contributed by atoms with Gasteiger partial charge in [-0.3, -0.25) is 9.59 Å². The Morgan fingerprint density at radius 2 is 1.46 bits per heavy atom. The molecule has 39 heavy (non-hydrogen) atoms. The minimum absolute atomic E-state index is 0.208. The van der Waals surface area contributed by atoms with E-state index >= 15 is 0 Å². The molecule has 1 aromatic heterocycles. The molecule has 0 atom stereocenters. The third kappa shape index (κ3) is 6.26. The molecule has 0 fully saturated rings. The van der Waals surface area contributed by atoms with Crippen LogP contribution in [0.4, 0.5) is 10.7 Å². The van der Waals surface area contributed by atoms with Gasteiger partial charge in [-0.05, 0) is 98.5 Å². The fourth-order valence-electron chi connectivity index (χ4n) is 4.91. The van der Waals surface area contributed by atoms with Gasteiger partial charge in [-0.2, -0.15) is 0 Å². The summed E-state index contributed by atoms with van der Waals surface area (Å²) in [5, 5.41) is 15.7. The molecule has 3 aromatic carbocycles. The van der Waals surface area contributed by atoms with E-state index in [9.17, 15) is 14.4 Å². The quantitative estimate of drug-likeness (QED) is 0.227. The molecule has 1 aliphatic rings. The maximum Gasteiger partial charge on any atom is 0.335 e. The van der Waals surface area contributed by atoms with Gasteiger partial charge in [0, 0.05) is 16.1 Å². The van der Waals surface area contributed by atoms with Gasteiger partial charge in [0.2, 0.25) is 0 Å². The molecule has 3 N–H and O–H groups in total. The molecule has 0 unspecified atom stereocenters. The Bertz CT molecular complexity index is 1520. The van der Waals surface area contributed by atoms with Gasteiger partial charge < -0.3 is 15.7 Å². The maximum absolute atomic E-state index is 13.5. The molecular formula is C32H30N2O4S. The Morgan fingerprint density at radius 1 is 0.795 bits per heavy atom. The van der Waals surface area contributed by atoms with Crippen LogP contribution in [0.15, 0.2) is 72.8 Å². The Morgan fingerprint density at radius 3 is 2.13 bits per heavy atom. The van der Waals surface area contributed by atoms with E-state index in [1.165, 1.54) is 16.2 Å². The number of aromatic carboxylic acids is 1. The van der Waals surface area contributed by atoms with Crippen molar-refractivity contribution in [2.75, 3.05) is 10.6 Å². The molecule has 6 nitrogen and oxygen atoms in total. The number of anilines is 2. The molecule has 4 aromatic rings. The summed E-state index contributed by atoms with van der Waals surface area (Å²) in [7, 11) is 0. The van der Waals surface area contributed by atoms with E-state index < -0.39 is 5.97 Å². The highest BCUT2D eigenvalue weighted by Gasteiger charge is 2.26. The number of rotatable bonds is 8. The Labute approximate surface area is 231 Å². The number of amides is 2. The molecule has 1 aliphatic carbocycles. The fraction of sp³-hybridized carbons (Fsp3) is 0.219. The van der Waals surface area contributed by atoms with E-state index in [2.05, 4.69) is 10.6 Å². The van der Waals surface area contributed by atoms with Crippen LogP contribution in [0, 0.1) is 6.92 Å². The monoisotopic (exact) mass is 538 g/mol. The highest BCUT2D eigenvalue weighted by atomic mass is 32.1. The van der Waals surface area contributed by atoms with E-state index in [0.717, 1.165) is 60.8 Å². The number of carboxylic acids is 1. The number of carbonyl (C=O) groups excluding carboxylic acids is 2. The standard InChI is InChI=1S/C32H30N2O4S/c1-20-5-4-6-24(19-20)29(35)34-31-28(26-7-2-3-8-27(26)39-31)30(36)33-25-17-13-22(14-18-25)10-9-21-11-15-23(16-12-21)32(37)38/h4-6,11-19H,2-3,7-10H2,1H3,(H,33,36)(H,34,35)(H,37,38). The number of fused-ring (bicyclic) bond motifs is 1. The first kappa shape index (κ1) is 26.4. The van der Waals surface area contributed by atoms with Crippen molar-refractivity contribution in [2.24, 2.45) is 0 Å². The van der Waals surface area contributed by atoms with E-state index in [0.29, 0.717) is 21.8 Å². The van der Waals surface area contributed by atoms with Crippen molar-refractivity contribution in [3.63, 3.8) is 0 Å². The Kier molecular flexibility index (Phi) is 7.89. The van der Waals surface area contributed by atoms with Crippen LogP contribution in [-0.4, -0.2) is 22.9 Å². The minimum atomic E-state index is -0.928. The highest BCUT2D eigenvalue weighted by molar-refractivity contribution is 7.17. The number of hydrogen-bond acceptors (Lipinski definition) is 4. The van der Waals surface area contributed by atoms with Crippen LogP contribution in [-0.2, 0) is 25.7 Å². The van der Waals surface area contributed by atoms with Crippen molar-refractivity contribution in [2.45, 2.75) is 45.4 Å². The molecular weight excluding hydrogens is 508 g/mol. The van der Waals surface area contributed by atoms with Gasteiger partial charge in [-0.15, -0.1) is 11.3 Å². The minimum Gasteiger partial charge on any atom is -0.478 e. The summed E-state index contributed by atoms with van der Waals surface area (Å²) in [5.41, 5.74) is 6.37. The average molecular weight is 539 g/mol. The predicted octanol–water partition coefficient (Wildman–Crippen LogP) is 6.92. The number of carbonyl (C=O) groups is 3. The zero-order valence-corrected chi connectivity index (χ0v) is 22.6. The number of thiophene rings is 1. The van der Waals surface area contributed by atoms with Gasteiger partial charge in [0.05, 0.1) is 11.1 Å². The van der Waals surface area contributed by atoms with Crippen LogP contribution in [0.1, 0.15) is 71.0 Å². The molecule has 0 spiro atoms. The lowest BCUT2D eigenvalue weighted by Gasteiger charge is -2.14. The number of benzene rings is 3. The third-order valence-corrected chi connectivity index (χ3v) is 8.23. The summed E-state index contributed by atoms with van der Waals surface area (Å²) in [6.45, 7) is 1.95. The number of carboxylic acid groups (broad SMARTS) is 1. The van der Waals surface area contributed by atoms with Gasteiger partial charge >= 0.3 is 5.97 Å². The second kappa shape index (κ2) is 11.7. The molecule has 0 saturated carbocycles. The first-order valence-corrected chi connectivity index (χ1v) is 13.9. The van der Waals surface area contributed by atoms with Crippen LogP contribution in [0.2, 0.25) is 0 Å². The molecule has 7 heteroatoms. The van der Waals surface area contributed by atoms with Gasteiger partial charge in [-0.25, -0.2) is 4.79 Å². The van der Waals surface area contributed by atoms with Crippen LogP contribution >= 0.6 is 11.3 Å². The second-order valence-electron chi connectivity index (χ2n) is 9.89. The van der Waals surface area contributed by atoms with Crippen LogP contribution < -0.4 is 10.6 Å². The topological polar surface area (TPSA) is 95.5 Å². The summed E-state index contributed by atoms with van der Waals surface area (Å²) in [5.74, 6) is -1.35. The zero-order chi connectivity index (χ0) is 27.4. The fourth-order valence-corrected chi connectivity index (χ4v) is 6.19.